The van der Waals surface area contributed by atoms with Gasteiger partial charge in [0.15, 0.2) is 42.1 Å². The van der Waals surface area contributed by atoms with Gasteiger partial charge >= 0.3 is 53.7 Å². The summed E-state index contributed by atoms with van der Waals surface area (Å²) in [5.74, 6) is -15.2. The van der Waals surface area contributed by atoms with Gasteiger partial charge < -0.3 is 87.6 Å². The summed E-state index contributed by atoms with van der Waals surface area (Å²) < 4.78 is 77.3. The number of nitrogens with one attached hydrogen (secondary N) is 3. The number of Topliss-reactive ketones (excluding diaryl/α,β-unsaturated/α-hetero) is 1. The molecule has 3 heterocycles. The largest absolute Gasteiger partial charge is 0.461 e. The fourth-order valence-electron chi connectivity index (χ4n) is 15.5. The van der Waals surface area contributed by atoms with E-state index in [9.17, 15) is 53.4 Å². The standard InChI is InChI=1S/C74H94N4O27/c1-41-51(35-74(92)66(104-68(90)49-28-19-14-20-29-49)64-72(9,53(85)34-54-73(64,40-96-54)105-46(6)84)65(88)60(98-43(3)81)57(41)71(74,7)8)101-69(91)61(58(47-24-15-12-16-25-47)75-67(89)48-26-17-13-18-27-48)103-56(87)39-93-38-55(86)95-37-52-59(97-42(2)80)62(99-44(4)82)63(100-45(5)83)70(102-52)94-33-23-30-50-36-78(77-76-50)31-21-10-11-22-32-79/h12-20,24-29,36,41,51-54,57-64,66,70,76-77,79,85,92H,10-11,21-23,30-35,37-40H2,1-9H3,(H,75,89)/t41?,51-,52?,53-,54+,57?,58?,59+,60+,61+,62?,63?,64-,66-,70+,72+,73-,74+/m0/s1. The number of aliphatic hydroxyl groups excluding tert-OH is 2. The van der Waals surface area contributed by atoms with Crippen LogP contribution < -0.4 is 16.3 Å². The minimum absolute atomic E-state index is 0.0120. The van der Waals surface area contributed by atoms with Crippen LogP contribution in [0.25, 0.3) is 0 Å². The molecule has 5 fully saturated rings. The zero-order valence-corrected chi connectivity index (χ0v) is 60.1. The molecule has 18 atom stereocenters. The Labute approximate surface area is 606 Å². The first kappa shape index (κ1) is 80.2. The molecule has 105 heavy (non-hydrogen) atoms. The van der Waals surface area contributed by atoms with Crippen molar-refractivity contribution in [3.8, 4) is 0 Å². The number of benzene rings is 3. The number of ether oxygens (including phenoxy) is 13. The smallest absolute Gasteiger partial charge is 0.350 e. The number of aliphatic hydroxyl groups is 3. The van der Waals surface area contributed by atoms with E-state index in [4.69, 9.17) is 66.7 Å². The Balaban J connectivity index is 0.983. The van der Waals surface area contributed by atoms with Crippen LogP contribution in [0.1, 0.15) is 146 Å². The van der Waals surface area contributed by atoms with Gasteiger partial charge in [0, 0.05) is 95.3 Å². The van der Waals surface area contributed by atoms with Gasteiger partial charge in [-0.25, -0.2) is 19.2 Å². The number of carbonyl (C=O) groups is 11. The van der Waals surface area contributed by atoms with E-state index in [-0.39, 0.29) is 36.3 Å². The van der Waals surface area contributed by atoms with E-state index >= 15 is 9.59 Å². The molecule has 0 radical (unpaired) electrons. The van der Waals surface area contributed by atoms with E-state index in [1.165, 1.54) is 43.3 Å². The molecule has 2 bridgehead atoms. The Morgan fingerprint density at radius 1 is 0.714 bits per heavy atom. The number of carbonyl (C=O) groups excluding carboxylic acids is 11. The number of esters is 9. The van der Waals surface area contributed by atoms with Gasteiger partial charge in [0.25, 0.3) is 5.91 Å². The molecule has 31 heteroatoms. The molecule has 9 rings (SSSR count). The quantitative estimate of drug-likeness (QED) is 0.0303. The van der Waals surface area contributed by atoms with Gasteiger partial charge in [-0.2, -0.15) is 0 Å². The van der Waals surface area contributed by atoms with E-state index in [1.807, 2.05) is 11.2 Å². The number of ketones is 1. The average molecular weight is 1470 g/mol. The summed E-state index contributed by atoms with van der Waals surface area (Å²) >= 11 is 0. The second kappa shape index (κ2) is 35.0. The lowest BCUT2D eigenvalue weighted by Crippen LogP contribution is -2.83. The third kappa shape index (κ3) is 18.3. The van der Waals surface area contributed by atoms with Crippen molar-refractivity contribution in [1.29, 1.82) is 0 Å². The molecule has 3 aromatic carbocycles. The monoisotopic (exact) mass is 1470 g/mol. The van der Waals surface area contributed by atoms with Crippen molar-refractivity contribution in [1.82, 2.24) is 21.3 Å². The van der Waals surface area contributed by atoms with Crippen LogP contribution in [0, 0.1) is 28.6 Å². The average Bonchev–Trinajstić information content (AvgIpc) is 0.697. The highest BCUT2D eigenvalue weighted by Gasteiger charge is 2.79. The fourth-order valence-corrected chi connectivity index (χ4v) is 15.5. The first-order valence-electron chi connectivity index (χ1n) is 35.1. The predicted molar refractivity (Wildman–Crippen MR) is 360 cm³/mol. The molecule has 3 aliphatic heterocycles. The minimum atomic E-state index is -2.55. The van der Waals surface area contributed by atoms with E-state index in [2.05, 4.69) is 16.3 Å². The molecule has 2 saturated heterocycles. The van der Waals surface area contributed by atoms with E-state index in [1.54, 1.807) is 75.4 Å². The molecule has 0 aromatic heterocycles. The summed E-state index contributed by atoms with van der Waals surface area (Å²) in [5, 5.41) is 40.3. The number of hydrogen-bond acceptors (Lipinski definition) is 30. The highest BCUT2D eigenvalue weighted by atomic mass is 16.7. The van der Waals surface area contributed by atoms with Crippen molar-refractivity contribution in [3.63, 3.8) is 0 Å². The maximum absolute atomic E-state index is 16.0. The number of amides is 1. The number of allylic oxidation sites excluding steroid dienone is 1. The van der Waals surface area contributed by atoms with Crippen molar-refractivity contribution >= 4 is 65.4 Å². The number of hydrazine groups is 2. The summed E-state index contributed by atoms with van der Waals surface area (Å²) in [7, 11) is 0. The van der Waals surface area contributed by atoms with Gasteiger partial charge in [-0.15, -0.1) is 5.53 Å². The second-order valence-corrected chi connectivity index (χ2v) is 27.9. The first-order chi connectivity index (χ1) is 49.9. The predicted octanol–water partition coefficient (Wildman–Crippen LogP) is 3.82. The van der Waals surface area contributed by atoms with Crippen LogP contribution in [0.3, 0.4) is 0 Å². The van der Waals surface area contributed by atoms with Crippen molar-refractivity contribution in [2.75, 3.05) is 46.2 Å². The van der Waals surface area contributed by atoms with Crippen LogP contribution in [0.2, 0.25) is 0 Å². The van der Waals surface area contributed by atoms with E-state index in [0.717, 1.165) is 66.0 Å². The van der Waals surface area contributed by atoms with Gasteiger partial charge in [-0.3, -0.25) is 38.6 Å². The molecule has 0 spiro atoms. The number of nitrogens with zero attached hydrogens (tertiary/aromatic N) is 1. The minimum Gasteiger partial charge on any atom is -0.461 e. The van der Waals surface area contributed by atoms with Crippen molar-refractivity contribution < 1.29 is 130 Å². The number of rotatable bonds is 31. The van der Waals surface area contributed by atoms with E-state index < -0.39 is 211 Å². The Kier molecular flexibility index (Phi) is 26.7. The lowest BCUT2D eigenvalue weighted by molar-refractivity contribution is -0.355. The number of fused-ring (bicyclic) bond motifs is 5. The Morgan fingerprint density at radius 3 is 1.94 bits per heavy atom. The second-order valence-electron chi connectivity index (χ2n) is 27.9. The molecule has 6 aliphatic rings. The maximum atomic E-state index is 16.0. The zero-order chi connectivity index (χ0) is 76.1. The van der Waals surface area contributed by atoms with Crippen molar-refractivity contribution in [3.05, 3.63) is 120 Å². The topological polar surface area (TPSA) is 408 Å². The summed E-state index contributed by atoms with van der Waals surface area (Å²) in [6.45, 7) is 8.95. The third-order valence-corrected chi connectivity index (χ3v) is 20.5. The van der Waals surface area contributed by atoms with Gasteiger partial charge in [-0.1, -0.05) is 100 Å². The molecular weight excluding hydrogens is 1380 g/mol. The molecule has 572 valence electrons. The first-order valence-corrected chi connectivity index (χ1v) is 35.1. The zero-order valence-electron chi connectivity index (χ0n) is 60.1. The Morgan fingerprint density at radius 2 is 1.32 bits per heavy atom. The van der Waals surface area contributed by atoms with Crippen molar-refractivity contribution in [2.24, 2.45) is 28.6 Å². The highest BCUT2D eigenvalue weighted by Crippen LogP contribution is 2.65. The summed E-state index contributed by atoms with van der Waals surface area (Å²) in [6, 6.07) is 21.6. The van der Waals surface area contributed by atoms with Crippen molar-refractivity contribution in [2.45, 2.75) is 198 Å². The number of hydrogen-bond donors (Lipinski definition) is 6. The van der Waals surface area contributed by atoms with Gasteiger partial charge in [0.05, 0.1) is 36.2 Å². The highest BCUT2D eigenvalue weighted by molar-refractivity contribution is 5.95. The Bertz CT molecular complexity index is 3640. The van der Waals surface area contributed by atoms with Crippen LogP contribution in [-0.2, 0) is 105 Å². The van der Waals surface area contributed by atoms with Crippen LogP contribution >= 0.6 is 0 Å². The maximum Gasteiger partial charge on any atom is 0.350 e. The van der Waals surface area contributed by atoms with Crippen LogP contribution in [0.4, 0.5) is 0 Å². The number of unbranched alkanes of at least 4 members (excludes halogenated alkanes) is 3. The van der Waals surface area contributed by atoms with Crippen LogP contribution in [0.15, 0.2) is 103 Å². The third-order valence-electron chi connectivity index (χ3n) is 20.5. The lowest BCUT2D eigenvalue weighted by Gasteiger charge is -2.69. The summed E-state index contributed by atoms with van der Waals surface area (Å²) in [5.41, 5.74) is -1.09. The van der Waals surface area contributed by atoms with Crippen LogP contribution in [-0.4, -0.2) is 210 Å². The molecule has 31 nitrogen and oxygen atoms in total. The SMILES string of the molecule is CC(=O)OC1C(OC(C)=O)[C@H](OC(C)=O)C(COC(=O)COCC(=O)O[C@@H](C(=O)O[C@H]2C[C@@]3(O)[C@@H](OC(=O)c4ccccc4)[C@@H]4[C@]5(OC(C)=O)CO[C@@H]5C[C@H](O)[C@@]4(C)C(=O)[C@H](OC(C)=O)C(C2C)C3(C)C)C(NC(=O)c2ccccc2)c2ccccc2)O[C@H]1OCCCC1=CN(CCCCCCO)NN1. The normalized spacial score (nSPS) is 29.8. The van der Waals surface area contributed by atoms with Gasteiger partial charge in [0.1, 0.15) is 55.9 Å². The summed E-state index contributed by atoms with van der Waals surface area (Å²) in [4.78, 5) is 153. The molecule has 6 unspecified atom stereocenters. The molecule has 1 amide bonds. The summed E-state index contributed by atoms with van der Waals surface area (Å²) in [6.07, 6.45) is -12.9. The molecular formula is C74H94N4O27. The molecule has 3 saturated carbocycles. The Hall–Kier alpha value is -8.95. The lowest BCUT2D eigenvalue weighted by atomic mass is 9.42. The molecule has 3 aromatic rings. The van der Waals surface area contributed by atoms with Crippen LogP contribution in [0.5, 0.6) is 0 Å². The molecule has 6 N–H and O–H groups in total. The van der Waals surface area contributed by atoms with Gasteiger partial charge in [0.2, 0.25) is 6.10 Å². The fraction of sp³-hybridized carbons (Fsp3) is 0.581. The van der Waals surface area contributed by atoms with Gasteiger partial charge in [-0.05, 0) is 62.4 Å². The molecule has 3 aliphatic carbocycles. The van der Waals surface area contributed by atoms with E-state index in [0.29, 0.717) is 19.4 Å².